The van der Waals surface area contributed by atoms with Crippen molar-refractivity contribution >= 4 is 17.7 Å². The second-order valence-electron chi connectivity index (χ2n) is 10.1. The summed E-state index contributed by atoms with van der Waals surface area (Å²) in [5, 5.41) is 11.8. The predicted octanol–water partition coefficient (Wildman–Crippen LogP) is 6.25. The third-order valence-electron chi connectivity index (χ3n) is 6.42. The quantitative estimate of drug-likeness (QED) is 0.540. The van der Waals surface area contributed by atoms with Gasteiger partial charge in [-0.15, -0.1) is 0 Å². The zero-order valence-electron chi connectivity index (χ0n) is 20.1. The molecule has 2 atom stereocenters. The van der Waals surface area contributed by atoms with Crippen LogP contribution < -0.4 is 4.74 Å². The lowest BCUT2D eigenvalue weighted by molar-refractivity contribution is -0.112. The summed E-state index contributed by atoms with van der Waals surface area (Å²) < 4.78 is 17.8. The number of amides is 1. The molecule has 4 rings (SSSR count). The van der Waals surface area contributed by atoms with Gasteiger partial charge in [-0.1, -0.05) is 54.4 Å². The first-order chi connectivity index (χ1) is 16.2. The molecule has 0 aromatic heterocycles. The van der Waals surface area contributed by atoms with E-state index in [1.807, 2.05) is 51.1 Å². The van der Waals surface area contributed by atoms with Crippen molar-refractivity contribution in [3.63, 3.8) is 0 Å². The molecule has 6 nitrogen and oxygen atoms in total. The van der Waals surface area contributed by atoms with Crippen LogP contribution in [0.3, 0.4) is 0 Å². The largest absolute Gasteiger partial charge is 0.487 e. The highest BCUT2D eigenvalue weighted by Crippen LogP contribution is 2.44. The Morgan fingerprint density at radius 2 is 1.88 bits per heavy atom. The maximum absolute atomic E-state index is 13.3. The van der Waals surface area contributed by atoms with E-state index in [1.165, 1.54) is 0 Å². The molecule has 1 amide bonds. The number of ether oxygens (including phenoxy) is 3. The molecule has 0 bridgehead atoms. The van der Waals surface area contributed by atoms with Gasteiger partial charge in [0, 0.05) is 0 Å². The van der Waals surface area contributed by atoms with Crippen molar-refractivity contribution in [2.75, 3.05) is 6.61 Å². The van der Waals surface area contributed by atoms with E-state index in [0.717, 1.165) is 37.7 Å². The minimum Gasteiger partial charge on any atom is -0.487 e. The Balaban J connectivity index is 1.53. The molecule has 1 heterocycles. The molecular formula is C27H34ClNO5. The van der Waals surface area contributed by atoms with Crippen molar-refractivity contribution in [1.29, 1.82) is 0 Å². The van der Waals surface area contributed by atoms with Crippen LogP contribution in [0.25, 0.3) is 0 Å². The molecule has 1 spiro atoms. The fourth-order valence-electron chi connectivity index (χ4n) is 4.80. The molecule has 1 unspecified atom stereocenters. The molecule has 2 aromatic carbocycles. The Kier molecular flexibility index (Phi) is 7.41. The average molecular weight is 488 g/mol. The molecule has 1 saturated heterocycles. The van der Waals surface area contributed by atoms with Crippen molar-refractivity contribution in [3.05, 3.63) is 64.7 Å². The minimum atomic E-state index is -0.977. The van der Waals surface area contributed by atoms with Gasteiger partial charge in [0.15, 0.2) is 0 Å². The monoisotopic (exact) mass is 487 g/mol. The average Bonchev–Trinajstić information content (AvgIpc) is 3.16. The molecule has 2 aromatic rings. The summed E-state index contributed by atoms with van der Waals surface area (Å²) in [4.78, 5) is 14.9. The van der Waals surface area contributed by atoms with Crippen LogP contribution in [0, 0.1) is 0 Å². The number of carbonyl (C=O) groups excluding carboxylic acids is 1. The number of halogens is 1. The van der Waals surface area contributed by atoms with E-state index in [9.17, 15) is 9.90 Å². The first-order valence-electron chi connectivity index (χ1n) is 12.0. The summed E-state index contributed by atoms with van der Waals surface area (Å²) in [7, 11) is 0. The van der Waals surface area contributed by atoms with Gasteiger partial charge in [-0.2, -0.15) is 0 Å². The molecule has 1 aliphatic carbocycles. The van der Waals surface area contributed by atoms with Gasteiger partial charge in [-0.05, 0) is 69.7 Å². The highest BCUT2D eigenvalue weighted by Gasteiger charge is 2.54. The first kappa shape index (κ1) is 24.8. The SMILES string of the molecule is CC(C)(C)OC(=O)N1[C@@H](C(O)c2ccc(OCc3ccccc3)c(Cl)c2)COC12CCCCC2. The molecule has 34 heavy (non-hydrogen) atoms. The third-order valence-corrected chi connectivity index (χ3v) is 6.71. The second-order valence-corrected chi connectivity index (χ2v) is 10.6. The maximum atomic E-state index is 13.3. The highest BCUT2D eigenvalue weighted by molar-refractivity contribution is 6.32. The summed E-state index contributed by atoms with van der Waals surface area (Å²) in [5.41, 5.74) is 0.268. The zero-order chi connectivity index (χ0) is 24.3. The Morgan fingerprint density at radius 3 is 2.53 bits per heavy atom. The van der Waals surface area contributed by atoms with Crippen LogP contribution in [0.5, 0.6) is 5.75 Å². The van der Waals surface area contributed by atoms with Crippen LogP contribution in [0.4, 0.5) is 4.79 Å². The van der Waals surface area contributed by atoms with Crippen LogP contribution >= 0.6 is 11.6 Å². The number of hydrogen-bond acceptors (Lipinski definition) is 5. The lowest BCUT2D eigenvalue weighted by Gasteiger charge is -2.42. The highest BCUT2D eigenvalue weighted by atomic mass is 35.5. The van der Waals surface area contributed by atoms with Crippen LogP contribution in [-0.4, -0.2) is 40.1 Å². The number of hydrogen-bond donors (Lipinski definition) is 1. The molecule has 2 aliphatic rings. The molecule has 2 fully saturated rings. The van der Waals surface area contributed by atoms with Crippen molar-refractivity contribution in [1.82, 2.24) is 4.90 Å². The van der Waals surface area contributed by atoms with E-state index < -0.39 is 29.6 Å². The lowest BCUT2D eigenvalue weighted by atomic mass is 9.89. The standard InChI is InChI=1S/C27H34ClNO5/c1-26(2,3)34-25(31)29-22(18-33-27(29)14-8-5-9-15-27)24(30)20-12-13-23(21(28)16-20)32-17-19-10-6-4-7-11-19/h4,6-7,10-13,16,22,24,30H,5,8-9,14-15,17-18H2,1-3H3/t22-,24?/m1/s1. The van der Waals surface area contributed by atoms with Crippen LogP contribution in [0.1, 0.15) is 70.1 Å². The molecule has 1 N–H and O–H groups in total. The van der Waals surface area contributed by atoms with E-state index >= 15 is 0 Å². The number of rotatable bonds is 5. The Labute approximate surface area is 206 Å². The van der Waals surface area contributed by atoms with Gasteiger partial charge < -0.3 is 19.3 Å². The fraction of sp³-hybridized carbons (Fsp3) is 0.519. The number of carbonyl (C=O) groups is 1. The van der Waals surface area contributed by atoms with E-state index in [2.05, 4.69) is 0 Å². The normalized spacial score (nSPS) is 20.9. The zero-order valence-corrected chi connectivity index (χ0v) is 20.9. The van der Waals surface area contributed by atoms with Gasteiger partial charge in [-0.25, -0.2) is 4.79 Å². The van der Waals surface area contributed by atoms with E-state index in [-0.39, 0.29) is 6.61 Å². The van der Waals surface area contributed by atoms with Crippen LogP contribution in [-0.2, 0) is 16.1 Å². The van der Waals surface area contributed by atoms with Gasteiger partial charge in [0.05, 0.1) is 17.7 Å². The molecule has 184 valence electrons. The first-order valence-corrected chi connectivity index (χ1v) is 12.4. The summed E-state index contributed by atoms with van der Waals surface area (Å²) in [6.07, 6.45) is 3.10. The number of aliphatic hydroxyl groups is 1. The van der Waals surface area contributed by atoms with Crippen molar-refractivity contribution < 1.29 is 24.1 Å². The van der Waals surface area contributed by atoms with Crippen LogP contribution in [0.2, 0.25) is 5.02 Å². The molecule has 1 saturated carbocycles. The second kappa shape index (κ2) is 10.1. The van der Waals surface area contributed by atoms with E-state index in [0.29, 0.717) is 22.9 Å². The maximum Gasteiger partial charge on any atom is 0.413 e. The van der Waals surface area contributed by atoms with Crippen LogP contribution in [0.15, 0.2) is 48.5 Å². The lowest BCUT2D eigenvalue weighted by Crippen LogP contribution is -2.55. The van der Waals surface area contributed by atoms with E-state index in [1.54, 1.807) is 23.1 Å². The topological polar surface area (TPSA) is 68.2 Å². The minimum absolute atomic E-state index is 0.240. The Bertz CT molecular complexity index is 984. The summed E-state index contributed by atoms with van der Waals surface area (Å²) in [6.45, 7) is 6.16. The predicted molar refractivity (Wildman–Crippen MR) is 131 cm³/mol. The van der Waals surface area contributed by atoms with Gasteiger partial charge in [0.1, 0.15) is 29.8 Å². The van der Waals surface area contributed by atoms with Crippen molar-refractivity contribution in [2.24, 2.45) is 0 Å². The summed E-state index contributed by atoms with van der Waals surface area (Å²) in [6, 6.07) is 14.5. The van der Waals surface area contributed by atoms with E-state index in [4.69, 9.17) is 25.8 Å². The van der Waals surface area contributed by atoms with Gasteiger partial charge in [0.25, 0.3) is 0 Å². The Morgan fingerprint density at radius 1 is 1.18 bits per heavy atom. The molecular weight excluding hydrogens is 454 g/mol. The summed E-state index contributed by atoms with van der Waals surface area (Å²) in [5.74, 6) is 0.539. The molecule has 1 aliphatic heterocycles. The van der Waals surface area contributed by atoms with Crippen molar-refractivity contribution in [3.8, 4) is 5.75 Å². The van der Waals surface area contributed by atoms with Gasteiger partial charge >= 0.3 is 6.09 Å². The van der Waals surface area contributed by atoms with Gasteiger partial charge in [0.2, 0.25) is 0 Å². The van der Waals surface area contributed by atoms with Crippen molar-refractivity contribution in [2.45, 2.75) is 83.0 Å². The Hall–Kier alpha value is -2.28. The van der Waals surface area contributed by atoms with Gasteiger partial charge in [-0.3, -0.25) is 4.90 Å². The number of nitrogens with zero attached hydrogens (tertiary/aromatic N) is 1. The number of aliphatic hydroxyl groups excluding tert-OH is 1. The smallest absolute Gasteiger partial charge is 0.413 e. The molecule has 7 heteroatoms. The number of benzene rings is 2. The third kappa shape index (κ3) is 5.51. The summed E-state index contributed by atoms with van der Waals surface area (Å²) >= 11 is 6.50. The fourth-order valence-corrected chi connectivity index (χ4v) is 5.04. The molecule has 0 radical (unpaired) electrons.